The first-order valence-corrected chi connectivity index (χ1v) is 9.26. The van der Waals surface area contributed by atoms with Gasteiger partial charge in [-0.15, -0.1) is 0 Å². The van der Waals surface area contributed by atoms with Crippen LogP contribution in [0.25, 0.3) is 22.4 Å². The highest BCUT2D eigenvalue weighted by molar-refractivity contribution is 6.31. The molecule has 3 aromatic rings. The second-order valence-electron chi connectivity index (χ2n) is 6.74. The number of aromatic amines is 1. The van der Waals surface area contributed by atoms with Gasteiger partial charge in [-0.25, -0.2) is 15.0 Å². The molecule has 0 fully saturated rings. The summed E-state index contributed by atoms with van der Waals surface area (Å²) < 4.78 is 0. The number of aromatic nitrogens is 4. The van der Waals surface area contributed by atoms with Crippen molar-refractivity contribution in [3.05, 3.63) is 35.7 Å². The molecule has 0 bridgehead atoms. The number of hydrogen-bond donors (Lipinski definition) is 2. The Kier molecular flexibility index (Phi) is 5.60. The van der Waals surface area contributed by atoms with Gasteiger partial charge in [0, 0.05) is 44.6 Å². The summed E-state index contributed by atoms with van der Waals surface area (Å²) in [6.07, 6.45) is 5.07. The number of H-pyrrole nitrogens is 1. The average molecular weight is 389 g/mol. The standard InChI is InChI=1S/C19H23ClN6O.H2/c1-5-26(4)19(27)16(11(2)3)24-15-6-7-21-18(25-15)14-10-23-17-13(14)8-12(20)9-22-17;/h6-11,16H,5H2,1-4H3,(H,22,23)(H,21,24,25);1H/t16-;/m1./s1. The summed E-state index contributed by atoms with van der Waals surface area (Å²) in [7, 11) is 1.80. The maximum Gasteiger partial charge on any atom is 0.245 e. The summed E-state index contributed by atoms with van der Waals surface area (Å²) >= 11 is 6.08. The lowest BCUT2D eigenvalue weighted by Gasteiger charge is -2.26. The second kappa shape index (κ2) is 7.92. The Hall–Kier alpha value is -2.67. The minimum absolute atomic E-state index is 0. The summed E-state index contributed by atoms with van der Waals surface area (Å²) in [5, 5.41) is 4.66. The summed E-state index contributed by atoms with van der Waals surface area (Å²) in [6, 6.07) is 3.23. The highest BCUT2D eigenvalue weighted by Gasteiger charge is 2.25. The van der Waals surface area contributed by atoms with Gasteiger partial charge in [-0.3, -0.25) is 4.79 Å². The van der Waals surface area contributed by atoms with Crippen LogP contribution >= 0.6 is 11.6 Å². The van der Waals surface area contributed by atoms with Crippen molar-refractivity contribution in [3.63, 3.8) is 0 Å². The summed E-state index contributed by atoms with van der Waals surface area (Å²) in [6.45, 7) is 6.62. The molecule has 7 nitrogen and oxygen atoms in total. The van der Waals surface area contributed by atoms with E-state index >= 15 is 0 Å². The van der Waals surface area contributed by atoms with Crippen molar-refractivity contribution in [1.29, 1.82) is 0 Å². The van der Waals surface area contributed by atoms with Gasteiger partial charge in [-0.05, 0) is 25.0 Å². The molecule has 1 atom stereocenters. The van der Waals surface area contributed by atoms with Crippen LogP contribution in [0.4, 0.5) is 5.82 Å². The Morgan fingerprint density at radius 3 is 2.89 bits per heavy atom. The lowest BCUT2D eigenvalue weighted by Crippen LogP contribution is -2.44. The molecule has 2 N–H and O–H groups in total. The Morgan fingerprint density at radius 2 is 2.19 bits per heavy atom. The number of nitrogens with one attached hydrogen (secondary N) is 2. The van der Waals surface area contributed by atoms with Crippen molar-refractivity contribution >= 4 is 34.4 Å². The third kappa shape index (κ3) is 4.03. The third-order valence-electron chi connectivity index (χ3n) is 4.48. The molecule has 0 aliphatic heterocycles. The van der Waals surface area contributed by atoms with E-state index in [9.17, 15) is 4.79 Å². The highest BCUT2D eigenvalue weighted by Crippen LogP contribution is 2.27. The molecule has 3 heterocycles. The lowest BCUT2D eigenvalue weighted by molar-refractivity contribution is -0.131. The van der Waals surface area contributed by atoms with Gasteiger partial charge in [0.1, 0.15) is 17.5 Å². The number of carbonyl (C=O) groups is 1. The third-order valence-corrected chi connectivity index (χ3v) is 4.69. The quantitative estimate of drug-likeness (QED) is 0.670. The number of rotatable bonds is 6. The summed E-state index contributed by atoms with van der Waals surface area (Å²) in [5.74, 6) is 1.28. The van der Waals surface area contributed by atoms with E-state index in [-0.39, 0.29) is 19.3 Å². The van der Waals surface area contributed by atoms with Crippen LogP contribution in [0.5, 0.6) is 0 Å². The number of amides is 1. The normalized spacial score (nSPS) is 12.4. The Labute approximate surface area is 164 Å². The van der Waals surface area contributed by atoms with E-state index in [4.69, 9.17) is 11.6 Å². The molecule has 0 spiro atoms. The topological polar surface area (TPSA) is 86.8 Å². The molecule has 0 saturated heterocycles. The predicted octanol–water partition coefficient (Wildman–Crippen LogP) is 3.83. The van der Waals surface area contributed by atoms with Gasteiger partial charge in [0.2, 0.25) is 5.91 Å². The average Bonchev–Trinajstić information content (AvgIpc) is 3.08. The first-order valence-electron chi connectivity index (χ1n) is 8.88. The fourth-order valence-electron chi connectivity index (χ4n) is 2.80. The first-order chi connectivity index (χ1) is 12.9. The fraction of sp³-hybridized carbons (Fsp3) is 0.368. The van der Waals surface area contributed by atoms with Crippen LogP contribution in [0, 0.1) is 5.92 Å². The van der Waals surface area contributed by atoms with Gasteiger partial charge >= 0.3 is 0 Å². The van der Waals surface area contributed by atoms with Gasteiger partial charge in [0.15, 0.2) is 5.82 Å². The number of pyridine rings is 1. The lowest BCUT2D eigenvalue weighted by atomic mass is 10.0. The molecule has 3 rings (SSSR count). The van der Waals surface area contributed by atoms with Crippen LogP contribution < -0.4 is 5.32 Å². The van der Waals surface area contributed by atoms with Crippen LogP contribution in [0.3, 0.4) is 0 Å². The zero-order chi connectivity index (χ0) is 19.6. The van der Waals surface area contributed by atoms with Gasteiger partial charge < -0.3 is 15.2 Å². The van der Waals surface area contributed by atoms with E-state index in [0.29, 0.717) is 23.2 Å². The van der Waals surface area contributed by atoms with E-state index in [0.717, 1.165) is 16.6 Å². The minimum atomic E-state index is -0.364. The van der Waals surface area contributed by atoms with Crippen LogP contribution in [-0.2, 0) is 4.79 Å². The summed E-state index contributed by atoms with van der Waals surface area (Å²) in [5.41, 5.74) is 1.53. The van der Waals surface area contributed by atoms with Gasteiger partial charge in [0.05, 0.1) is 5.02 Å². The number of hydrogen-bond acceptors (Lipinski definition) is 5. The first kappa shape index (κ1) is 19.1. The molecule has 144 valence electrons. The van der Waals surface area contributed by atoms with E-state index in [1.165, 1.54) is 0 Å². The van der Waals surface area contributed by atoms with Crippen molar-refractivity contribution in [3.8, 4) is 11.4 Å². The van der Waals surface area contributed by atoms with E-state index in [1.54, 1.807) is 30.4 Å². The molecule has 0 aliphatic rings. The number of fused-ring (bicyclic) bond motifs is 1. The van der Waals surface area contributed by atoms with Crippen LogP contribution in [0.2, 0.25) is 5.02 Å². The van der Waals surface area contributed by atoms with Crippen LogP contribution in [0.15, 0.2) is 30.7 Å². The maximum absolute atomic E-state index is 12.6. The monoisotopic (exact) mass is 388 g/mol. The zero-order valence-corrected chi connectivity index (χ0v) is 16.6. The van der Waals surface area contributed by atoms with Crippen molar-refractivity contribution in [1.82, 2.24) is 24.8 Å². The van der Waals surface area contributed by atoms with E-state index in [1.807, 2.05) is 33.0 Å². The smallest absolute Gasteiger partial charge is 0.245 e. The fourth-order valence-corrected chi connectivity index (χ4v) is 2.96. The van der Waals surface area contributed by atoms with Crippen molar-refractivity contribution < 1.29 is 6.22 Å². The summed E-state index contributed by atoms with van der Waals surface area (Å²) in [4.78, 5) is 30.7. The van der Waals surface area contributed by atoms with Crippen LogP contribution in [-0.4, -0.2) is 50.4 Å². The van der Waals surface area contributed by atoms with Gasteiger partial charge in [0.25, 0.3) is 0 Å². The number of carbonyl (C=O) groups excluding carboxylic acids is 1. The predicted molar refractivity (Wildman–Crippen MR) is 110 cm³/mol. The minimum Gasteiger partial charge on any atom is -0.358 e. The number of likely N-dealkylation sites (N-methyl/N-ethyl adjacent to an activating group) is 1. The van der Waals surface area contributed by atoms with Gasteiger partial charge in [-0.2, -0.15) is 0 Å². The Morgan fingerprint density at radius 1 is 1.41 bits per heavy atom. The molecule has 1 amide bonds. The maximum atomic E-state index is 12.6. The van der Waals surface area contributed by atoms with Crippen molar-refractivity contribution in [2.75, 3.05) is 18.9 Å². The molecule has 27 heavy (non-hydrogen) atoms. The van der Waals surface area contributed by atoms with E-state index in [2.05, 4.69) is 25.3 Å². The Bertz CT molecular complexity index is 961. The zero-order valence-electron chi connectivity index (χ0n) is 15.8. The molecule has 0 unspecified atom stereocenters. The SMILES string of the molecule is CCN(C)C(=O)[C@H](Nc1ccnc(-c2c[nH]c3ncc(Cl)cc23)n1)C(C)C.[HH]. The number of halogens is 1. The molecular formula is C19H25ClN6O. The Balaban J connectivity index is 0.00000280. The molecule has 0 radical (unpaired) electrons. The van der Waals surface area contributed by atoms with Crippen molar-refractivity contribution in [2.45, 2.75) is 26.8 Å². The van der Waals surface area contributed by atoms with E-state index < -0.39 is 0 Å². The molecule has 0 aromatic carbocycles. The molecule has 0 aliphatic carbocycles. The molecule has 8 heteroatoms. The van der Waals surface area contributed by atoms with Gasteiger partial charge in [-0.1, -0.05) is 25.4 Å². The van der Waals surface area contributed by atoms with Crippen LogP contribution in [0.1, 0.15) is 22.2 Å². The van der Waals surface area contributed by atoms with Crippen molar-refractivity contribution in [2.24, 2.45) is 5.92 Å². The largest absolute Gasteiger partial charge is 0.358 e. The molecule has 3 aromatic heterocycles. The number of nitrogens with zero attached hydrogens (tertiary/aromatic N) is 4. The number of anilines is 1. The molecule has 0 saturated carbocycles. The molecular weight excluding hydrogens is 364 g/mol. The highest BCUT2D eigenvalue weighted by atomic mass is 35.5. The second-order valence-corrected chi connectivity index (χ2v) is 7.17.